The number of carbonyl (C=O) groups is 3. The lowest BCUT2D eigenvalue weighted by atomic mass is 10.1. The summed E-state index contributed by atoms with van der Waals surface area (Å²) in [6.45, 7) is 1.96. The van der Waals surface area contributed by atoms with E-state index in [0.717, 1.165) is 5.56 Å². The molecule has 7 nitrogen and oxygen atoms in total. The molecular weight excluding hydrogens is 326 g/mol. The third kappa shape index (κ3) is 3.61. The van der Waals surface area contributed by atoms with Crippen LogP contribution in [0.5, 0.6) is 0 Å². The summed E-state index contributed by atoms with van der Waals surface area (Å²) in [4.78, 5) is 36.2. The van der Waals surface area contributed by atoms with Crippen LogP contribution in [0.2, 0.25) is 0 Å². The van der Waals surface area contributed by atoms with Crippen molar-refractivity contribution < 1.29 is 28.6 Å². The summed E-state index contributed by atoms with van der Waals surface area (Å²) in [5.41, 5.74) is 1.34. The zero-order valence-electron chi connectivity index (χ0n) is 13.6. The van der Waals surface area contributed by atoms with E-state index in [0.29, 0.717) is 17.9 Å². The zero-order valence-corrected chi connectivity index (χ0v) is 13.6. The highest BCUT2D eigenvalue weighted by Crippen LogP contribution is 2.24. The zero-order chi connectivity index (χ0) is 18.0. The van der Waals surface area contributed by atoms with Gasteiger partial charge in [-0.05, 0) is 19.1 Å². The molecule has 1 unspecified atom stereocenters. The SMILES string of the molecule is CC(=O)c1ccc(-c2ccc(C(=O)N3CCOC(C(=O)O)C3)o2)cc1. The van der Waals surface area contributed by atoms with E-state index < -0.39 is 12.1 Å². The summed E-state index contributed by atoms with van der Waals surface area (Å²) in [7, 11) is 0. The summed E-state index contributed by atoms with van der Waals surface area (Å²) in [6.07, 6.45) is -1.02. The monoisotopic (exact) mass is 343 g/mol. The molecule has 1 aliphatic heterocycles. The predicted octanol–water partition coefficient (Wildman–Crippen LogP) is 2.07. The van der Waals surface area contributed by atoms with Crippen LogP contribution in [0.4, 0.5) is 0 Å². The molecule has 1 amide bonds. The average molecular weight is 343 g/mol. The highest BCUT2D eigenvalue weighted by Gasteiger charge is 2.30. The van der Waals surface area contributed by atoms with E-state index in [1.807, 2.05) is 0 Å². The quantitative estimate of drug-likeness (QED) is 0.854. The molecule has 2 aromatic rings. The van der Waals surface area contributed by atoms with Crippen molar-refractivity contribution in [2.45, 2.75) is 13.0 Å². The minimum atomic E-state index is -1.09. The Morgan fingerprint density at radius 2 is 1.84 bits per heavy atom. The first-order chi connectivity index (χ1) is 12.0. The van der Waals surface area contributed by atoms with Gasteiger partial charge in [0.05, 0.1) is 13.2 Å². The van der Waals surface area contributed by atoms with E-state index in [1.165, 1.54) is 11.8 Å². The topological polar surface area (TPSA) is 97.0 Å². The van der Waals surface area contributed by atoms with Crippen molar-refractivity contribution in [1.29, 1.82) is 0 Å². The summed E-state index contributed by atoms with van der Waals surface area (Å²) in [6, 6.07) is 10.1. The number of amides is 1. The van der Waals surface area contributed by atoms with Crippen LogP contribution in [-0.4, -0.2) is 53.5 Å². The van der Waals surface area contributed by atoms with Crippen LogP contribution >= 0.6 is 0 Å². The molecule has 0 bridgehead atoms. The van der Waals surface area contributed by atoms with Gasteiger partial charge in [-0.2, -0.15) is 0 Å². The Kier molecular flexibility index (Phi) is 4.67. The van der Waals surface area contributed by atoms with Gasteiger partial charge in [-0.15, -0.1) is 0 Å². The normalized spacial score (nSPS) is 17.3. The van der Waals surface area contributed by atoms with Gasteiger partial charge in [-0.25, -0.2) is 4.79 Å². The second-order valence-corrected chi connectivity index (χ2v) is 5.75. The van der Waals surface area contributed by atoms with E-state index in [9.17, 15) is 14.4 Å². The number of ether oxygens (including phenoxy) is 1. The van der Waals surface area contributed by atoms with Crippen LogP contribution in [0, 0.1) is 0 Å². The molecule has 1 saturated heterocycles. The molecule has 1 N–H and O–H groups in total. The third-order valence-electron chi connectivity index (χ3n) is 4.02. The van der Waals surface area contributed by atoms with E-state index in [1.54, 1.807) is 36.4 Å². The fourth-order valence-corrected chi connectivity index (χ4v) is 2.62. The highest BCUT2D eigenvalue weighted by molar-refractivity contribution is 5.94. The third-order valence-corrected chi connectivity index (χ3v) is 4.02. The predicted molar refractivity (Wildman–Crippen MR) is 87.4 cm³/mol. The Hall–Kier alpha value is -2.93. The fraction of sp³-hybridized carbons (Fsp3) is 0.278. The molecule has 1 aliphatic rings. The molecule has 1 fully saturated rings. The Morgan fingerprint density at radius 3 is 2.48 bits per heavy atom. The lowest BCUT2D eigenvalue weighted by Crippen LogP contribution is -2.48. The Bertz CT molecular complexity index is 807. The lowest BCUT2D eigenvalue weighted by Gasteiger charge is -2.30. The molecule has 0 spiro atoms. The first-order valence-corrected chi connectivity index (χ1v) is 7.80. The molecule has 2 heterocycles. The number of morpholine rings is 1. The standard InChI is InChI=1S/C18H17NO6/c1-11(20)12-2-4-13(5-3-12)14-6-7-15(25-14)17(21)19-8-9-24-16(10-19)18(22)23/h2-7,16H,8-10H2,1H3,(H,22,23). The molecule has 1 aromatic carbocycles. The maximum absolute atomic E-state index is 12.5. The van der Waals surface area contributed by atoms with Crippen LogP contribution in [0.3, 0.4) is 0 Å². The molecule has 0 radical (unpaired) electrons. The number of furan rings is 1. The van der Waals surface area contributed by atoms with E-state index >= 15 is 0 Å². The Balaban J connectivity index is 1.75. The first-order valence-electron chi connectivity index (χ1n) is 7.80. The second-order valence-electron chi connectivity index (χ2n) is 5.75. The van der Waals surface area contributed by atoms with Gasteiger partial charge >= 0.3 is 5.97 Å². The number of hydrogen-bond donors (Lipinski definition) is 1. The number of carbonyl (C=O) groups excluding carboxylic acids is 2. The van der Waals surface area contributed by atoms with Gasteiger partial charge in [0.15, 0.2) is 17.6 Å². The number of Topliss-reactive ketones (excluding diaryl/α,β-unsaturated/α-hetero) is 1. The lowest BCUT2D eigenvalue weighted by molar-refractivity contribution is -0.154. The van der Waals surface area contributed by atoms with Crippen molar-refractivity contribution in [2.24, 2.45) is 0 Å². The van der Waals surface area contributed by atoms with Gasteiger partial charge in [0.25, 0.3) is 5.91 Å². The van der Waals surface area contributed by atoms with Gasteiger partial charge in [-0.1, -0.05) is 24.3 Å². The number of benzene rings is 1. The van der Waals surface area contributed by atoms with Crippen LogP contribution in [0.1, 0.15) is 27.8 Å². The number of carboxylic acids is 1. The van der Waals surface area contributed by atoms with Crippen molar-refractivity contribution >= 4 is 17.7 Å². The maximum Gasteiger partial charge on any atom is 0.334 e. The number of rotatable bonds is 4. The van der Waals surface area contributed by atoms with Crippen molar-refractivity contribution in [2.75, 3.05) is 19.7 Å². The number of ketones is 1. The summed E-state index contributed by atoms with van der Waals surface area (Å²) >= 11 is 0. The van der Waals surface area contributed by atoms with Crippen LogP contribution in [0.15, 0.2) is 40.8 Å². The average Bonchev–Trinajstić information content (AvgIpc) is 3.11. The Morgan fingerprint density at radius 1 is 1.12 bits per heavy atom. The molecule has 0 saturated carbocycles. The van der Waals surface area contributed by atoms with Crippen molar-refractivity contribution in [3.05, 3.63) is 47.7 Å². The first kappa shape index (κ1) is 16.9. The highest BCUT2D eigenvalue weighted by atomic mass is 16.5. The van der Waals surface area contributed by atoms with E-state index in [-0.39, 0.29) is 30.6 Å². The Labute approximate surface area is 143 Å². The largest absolute Gasteiger partial charge is 0.479 e. The molecule has 3 rings (SSSR count). The molecule has 0 aliphatic carbocycles. The molecule has 1 aromatic heterocycles. The number of hydrogen-bond acceptors (Lipinski definition) is 5. The second kappa shape index (κ2) is 6.90. The molecule has 1 atom stereocenters. The van der Waals surface area contributed by atoms with Crippen LogP contribution < -0.4 is 0 Å². The van der Waals surface area contributed by atoms with Gasteiger partial charge < -0.3 is 19.2 Å². The van der Waals surface area contributed by atoms with Gasteiger partial charge in [-0.3, -0.25) is 9.59 Å². The molecule has 7 heteroatoms. The van der Waals surface area contributed by atoms with E-state index in [2.05, 4.69) is 0 Å². The maximum atomic E-state index is 12.5. The smallest absolute Gasteiger partial charge is 0.334 e. The van der Waals surface area contributed by atoms with Gasteiger partial charge in [0.2, 0.25) is 0 Å². The minimum Gasteiger partial charge on any atom is -0.479 e. The van der Waals surface area contributed by atoms with Crippen molar-refractivity contribution in [3.8, 4) is 11.3 Å². The summed E-state index contributed by atoms with van der Waals surface area (Å²) in [5, 5.41) is 9.01. The number of aliphatic carboxylic acids is 1. The van der Waals surface area contributed by atoms with Gasteiger partial charge in [0, 0.05) is 17.7 Å². The molecule has 25 heavy (non-hydrogen) atoms. The van der Waals surface area contributed by atoms with E-state index in [4.69, 9.17) is 14.3 Å². The summed E-state index contributed by atoms with van der Waals surface area (Å²) in [5.74, 6) is -0.857. The molecule has 130 valence electrons. The summed E-state index contributed by atoms with van der Waals surface area (Å²) < 4.78 is 10.7. The molecular formula is C18H17NO6. The minimum absolute atomic E-state index is 0.0164. The number of nitrogens with zero attached hydrogens (tertiary/aromatic N) is 1. The van der Waals surface area contributed by atoms with Crippen molar-refractivity contribution in [1.82, 2.24) is 4.90 Å². The number of carboxylic acid groups (broad SMARTS) is 1. The van der Waals surface area contributed by atoms with Crippen LogP contribution in [0.25, 0.3) is 11.3 Å². The van der Waals surface area contributed by atoms with Gasteiger partial charge in [0.1, 0.15) is 5.76 Å². The van der Waals surface area contributed by atoms with Crippen molar-refractivity contribution in [3.63, 3.8) is 0 Å². The van der Waals surface area contributed by atoms with Crippen LogP contribution in [-0.2, 0) is 9.53 Å². The fourth-order valence-electron chi connectivity index (χ4n) is 2.62.